The first-order valence-corrected chi connectivity index (χ1v) is 13.0. The molecule has 0 bridgehead atoms. The van der Waals surface area contributed by atoms with Gasteiger partial charge in [0, 0.05) is 12.1 Å². The number of hydrogen-bond donors (Lipinski definition) is 0. The van der Waals surface area contributed by atoms with Crippen LogP contribution in [-0.2, 0) is 14.4 Å². The highest BCUT2D eigenvalue weighted by Crippen LogP contribution is 2.49. The third kappa shape index (κ3) is 4.61. The number of nitro benzene ring substituents is 1. The van der Waals surface area contributed by atoms with E-state index in [2.05, 4.69) is 0 Å². The molecule has 0 radical (unpaired) electrons. The molecule has 2 aliphatic rings. The van der Waals surface area contributed by atoms with Gasteiger partial charge in [-0.15, -0.1) is 0 Å². The highest BCUT2D eigenvalue weighted by Gasteiger charge is 2.60. The lowest BCUT2D eigenvalue weighted by molar-refractivity contribution is -0.384. The van der Waals surface area contributed by atoms with E-state index in [0.717, 1.165) is 4.90 Å². The molecule has 42 heavy (non-hydrogen) atoms. The van der Waals surface area contributed by atoms with Crippen LogP contribution in [0.3, 0.4) is 0 Å². The lowest BCUT2D eigenvalue weighted by Crippen LogP contribution is -2.37. The number of para-hydroxylation sites is 1. The maximum atomic E-state index is 13.8. The molecule has 0 unspecified atom stereocenters. The first kappa shape index (κ1) is 26.7. The molecule has 2 amide bonds. The molecule has 0 aliphatic carbocycles. The Kier molecular flexibility index (Phi) is 6.85. The number of carbonyl (C=O) groups is 3. The first-order chi connectivity index (χ1) is 20.4. The number of nitrogens with zero attached hydrogens (tertiary/aromatic N) is 3. The second-order valence-electron chi connectivity index (χ2n) is 9.61. The number of nitro groups is 1. The Hall–Kier alpha value is -5.55. The number of hydroxylamine groups is 1. The summed E-state index contributed by atoms with van der Waals surface area (Å²) in [5, 5.41) is 12.9. The van der Waals surface area contributed by atoms with Gasteiger partial charge in [-0.05, 0) is 48.0 Å². The monoisotopic (exact) mass is 565 g/mol. The maximum absolute atomic E-state index is 13.8. The molecule has 4 aromatic rings. The van der Waals surface area contributed by atoms with Gasteiger partial charge in [-0.1, -0.05) is 48.5 Å². The van der Waals surface area contributed by atoms with E-state index in [0.29, 0.717) is 16.8 Å². The Morgan fingerprint density at radius 3 is 2.21 bits per heavy atom. The molecule has 3 atom stereocenters. The molecule has 2 heterocycles. The number of methoxy groups -OCH3 is 1. The molecule has 0 N–H and O–H groups in total. The van der Waals surface area contributed by atoms with Crippen molar-refractivity contribution in [2.24, 2.45) is 5.92 Å². The maximum Gasteiger partial charge on any atom is 0.343 e. The van der Waals surface area contributed by atoms with Crippen LogP contribution in [0, 0.1) is 16.0 Å². The van der Waals surface area contributed by atoms with Crippen LogP contribution in [0.25, 0.3) is 0 Å². The van der Waals surface area contributed by atoms with Crippen LogP contribution in [0.15, 0.2) is 103 Å². The summed E-state index contributed by atoms with van der Waals surface area (Å²) in [5.74, 6) is -2.25. The van der Waals surface area contributed by atoms with Gasteiger partial charge in [-0.3, -0.25) is 24.5 Å². The van der Waals surface area contributed by atoms with Crippen LogP contribution in [-0.4, -0.2) is 35.9 Å². The molecule has 210 valence electrons. The minimum absolute atomic E-state index is 0.146. The van der Waals surface area contributed by atoms with Crippen LogP contribution in [0.4, 0.5) is 17.1 Å². The second kappa shape index (κ2) is 10.8. The van der Waals surface area contributed by atoms with Crippen LogP contribution >= 0.6 is 0 Å². The molecule has 2 fully saturated rings. The highest BCUT2D eigenvalue weighted by atomic mass is 16.7. The van der Waals surface area contributed by atoms with Crippen molar-refractivity contribution in [1.82, 2.24) is 0 Å². The van der Waals surface area contributed by atoms with Crippen LogP contribution in [0.5, 0.6) is 11.5 Å². The fourth-order valence-electron chi connectivity index (χ4n) is 5.24. The van der Waals surface area contributed by atoms with Gasteiger partial charge in [-0.2, -0.15) is 0 Å². The van der Waals surface area contributed by atoms with Crippen molar-refractivity contribution < 1.29 is 33.6 Å². The summed E-state index contributed by atoms with van der Waals surface area (Å²) in [6, 6.07) is 26.6. The van der Waals surface area contributed by atoms with Gasteiger partial charge in [0.15, 0.2) is 17.6 Å². The van der Waals surface area contributed by atoms with Crippen molar-refractivity contribution in [3.63, 3.8) is 0 Å². The van der Waals surface area contributed by atoms with Crippen molar-refractivity contribution in [2.45, 2.75) is 12.1 Å². The van der Waals surface area contributed by atoms with Crippen LogP contribution in [0.1, 0.15) is 22.0 Å². The van der Waals surface area contributed by atoms with Crippen molar-refractivity contribution >= 4 is 34.8 Å². The quantitative estimate of drug-likeness (QED) is 0.101. The highest BCUT2D eigenvalue weighted by molar-refractivity contribution is 6.23. The number of benzene rings is 4. The van der Waals surface area contributed by atoms with E-state index < -0.39 is 40.8 Å². The van der Waals surface area contributed by atoms with Gasteiger partial charge in [0.2, 0.25) is 5.91 Å². The molecule has 11 nitrogen and oxygen atoms in total. The van der Waals surface area contributed by atoms with E-state index in [1.165, 1.54) is 36.4 Å². The number of amides is 2. The number of non-ortho nitro benzene ring substituents is 1. The summed E-state index contributed by atoms with van der Waals surface area (Å²) in [6.45, 7) is 0. The molecule has 0 saturated carbocycles. The molecule has 2 aliphatic heterocycles. The fraction of sp³-hybridized carbons (Fsp3) is 0.129. The smallest absolute Gasteiger partial charge is 0.343 e. The summed E-state index contributed by atoms with van der Waals surface area (Å²) >= 11 is 0. The lowest BCUT2D eigenvalue weighted by Gasteiger charge is -2.29. The Morgan fingerprint density at radius 1 is 0.833 bits per heavy atom. The molecule has 11 heteroatoms. The summed E-state index contributed by atoms with van der Waals surface area (Å²) in [6.07, 6.45) is -1.18. The number of esters is 1. The minimum Gasteiger partial charge on any atom is -0.493 e. The van der Waals surface area contributed by atoms with E-state index in [1.807, 2.05) is 0 Å². The van der Waals surface area contributed by atoms with Crippen molar-refractivity contribution in [3.05, 3.63) is 124 Å². The van der Waals surface area contributed by atoms with Gasteiger partial charge in [0.05, 0.1) is 35.0 Å². The van der Waals surface area contributed by atoms with Crippen LogP contribution in [0.2, 0.25) is 0 Å². The third-order valence-corrected chi connectivity index (χ3v) is 7.17. The van der Waals surface area contributed by atoms with Crippen LogP contribution < -0.4 is 19.4 Å². The Morgan fingerprint density at radius 2 is 1.52 bits per heavy atom. The number of carbonyl (C=O) groups excluding carboxylic acids is 3. The fourth-order valence-corrected chi connectivity index (χ4v) is 5.24. The number of fused-ring (bicyclic) bond motifs is 1. The van der Waals surface area contributed by atoms with E-state index in [-0.39, 0.29) is 22.9 Å². The van der Waals surface area contributed by atoms with Gasteiger partial charge < -0.3 is 9.47 Å². The molecule has 0 aromatic heterocycles. The zero-order valence-corrected chi connectivity index (χ0v) is 22.2. The van der Waals surface area contributed by atoms with Gasteiger partial charge in [-0.25, -0.2) is 14.8 Å². The first-order valence-electron chi connectivity index (χ1n) is 13.0. The summed E-state index contributed by atoms with van der Waals surface area (Å²) < 4.78 is 11.1. The number of rotatable bonds is 7. The number of ether oxygens (including phenoxy) is 2. The largest absolute Gasteiger partial charge is 0.493 e. The van der Waals surface area contributed by atoms with Gasteiger partial charge in [0.1, 0.15) is 5.92 Å². The van der Waals surface area contributed by atoms with Gasteiger partial charge >= 0.3 is 5.97 Å². The number of imide groups is 1. The predicted octanol–water partition coefficient (Wildman–Crippen LogP) is 4.87. The molecular weight excluding hydrogens is 542 g/mol. The topological polar surface area (TPSA) is 129 Å². The Bertz CT molecular complexity index is 1700. The van der Waals surface area contributed by atoms with Crippen molar-refractivity contribution in [2.75, 3.05) is 17.1 Å². The van der Waals surface area contributed by atoms with Crippen molar-refractivity contribution in [3.8, 4) is 11.5 Å². The second-order valence-corrected chi connectivity index (χ2v) is 9.61. The minimum atomic E-state index is -1.18. The third-order valence-electron chi connectivity index (χ3n) is 7.17. The standard InChI is InChI=1S/C31H23N3O8/c1-40-25-17-20(15-16-24(25)41-31(37)19-9-4-2-5-10-19)27-26-28(30(36)32(29(26)35)21-11-6-3-7-12-21)42-33(27)22-13-8-14-23(18-22)34(38)39/h2-18,26-28H,1H3/t26-,27+,28+/m1/s1. The summed E-state index contributed by atoms with van der Waals surface area (Å²) in [5.41, 5.74) is 1.36. The molecular formula is C31H23N3O8. The number of anilines is 2. The molecule has 6 rings (SSSR count). The lowest BCUT2D eigenvalue weighted by atomic mass is 9.90. The molecule has 0 spiro atoms. The number of hydrogen-bond acceptors (Lipinski definition) is 9. The van der Waals surface area contributed by atoms with E-state index in [9.17, 15) is 24.5 Å². The Labute approximate surface area is 239 Å². The average molecular weight is 566 g/mol. The van der Waals surface area contributed by atoms with Gasteiger partial charge in [0.25, 0.3) is 11.6 Å². The van der Waals surface area contributed by atoms with E-state index >= 15 is 0 Å². The summed E-state index contributed by atoms with van der Waals surface area (Å²) in [7, 11) is 1.41. The molecule has 4 aromatic carbocycles. The predicted molar refractivity (Wildman–Crippen MR) is 150 cm³/mol. The molecule has 2 saturated heterocycles. The Balaban J connectivity index is 1.41. The normalized spacial score (nSPS) is 19.5. The zero-order valence-electron chi connectivity index (χ0n) is 22.2. The van der Waals surface area contributed by atoms with E-state index in [4.69, 9.17) is 14.3 Å². The average Bonchev–Trinajstić information content (AvgIpc) is 3.53. The SMILES string of the molecule is COc1cc([C@H]2[C@H]3C(=O)N(c4ccccc4)C(=O)[C@H]3ON2c2cccc([N+](=O)[O-])c2)ccc1OC(=O)c1ccccc1. The zero-order chi connectivity index (χ0) is 29.4. The summed E-state index contributed by atoms with van der Waals surface area (Å²) in [4.78, 5) is 58.2. The van der Waals surface area contributed by atoms with Crippen molar-refractivity contribution in [1.29, 1.82) is 0 Å². The van der Waals surface area contributed by atoms with E-state index in [1.54, 1.807) is 78.9 Å².